The minimum absolute atomic E-state index is 0.0548. The molecule has 11 heteroatoms. The lowest BCUT2D eigenvalue weighted by Crippen LogP contribution is -2.35. The molecular weight excluding hydrogens is 520 g/mol. The molecule has 0 unspecified atom stereocenters. The lowest BCUT2D eigenvalue weighted by Gasteiger charge is -2.33. The molecule has 1 saturated heterocycles. The summed E-state index contributed by atoms with van der Waals surface area (Å²) in [7, 11) is 3.39. The smallest absolute Gasteiger partial charge is 0.314 e. The van der Waals surface area contributed by atoms with Crippen molar-refractivity contribution in [1.29, 1.82) is 0 Å². The summed E-state index contributed by atoms with van der Waals surface area (Å²) < 4.78 is 35.7. The molecule has 40 heavy (non-hydrogen) atoms. The summed E-state index contributed by atoms with van der Waals surface area (Å²) in [6.45, 7) is 7.36. The molecule has 1 aromatic carbocycles. The third-order valence-corrected chi connectivity index (χ3v) is 7.38. The summed E-state index contributed by atoms with van der Waals surface area (Å²) in [5, 5.41) is 6.96. The van der Waals surface area contributed by atoms with Crippen LogP contribution >= 0.6 is 0 Å². The molecule has 0 bridgehead atoms. The highest BCUT2D eigenvalue weighted by molar-refractivity contribution is 5.97. The largest absolute Gasteiger partial charge is 0.415 e. The number of benzene rings is 1. The summed E-state index contributed by atoms with van der Waals surface area (Å²) in [6.07, 6.45) is 1.42. The van der Waals surface area contributed by atoms with E-state index in [2.05, 4.69) is 20.1 Å². The van der Waals surface area contributed by atoms with Crippen LogP contribution in [0.4, 0.5) is 8.78 Å². The summed E-state index contributed by atoms with van der Waals surface area (Å²) in [4.78, 5) is 34.0. The van der Waals surface area contributed by atoms with Crippen molar-refractivity contribution in [3.8, 4) is 11.5 Å². The second-order valence-corrected chi connectivity index (χ2v) is 10.7. The van der Waals surface area contributed by atoms with Crippen molar-refractivity contribution < 1.29 is 27.5 Å². The van der Waals surface area contributed by atoms with Crippen LogP contribution in [0.5, 0.6) is 0 Å². The van der Waals surface area contributed by atoms with E-state index in [1.54, 1.807) is 45.0 Å². The Kier molecular flexibility index (Phi) is 9.36. The Morgan fingerprint density at radius 1 is 1.23 bits per heavy atom. The van der Waals surface area contributed by atoms with E-state index in [4.69, 9.17) is 9.15 Å². The van der Waals surface area contributed by atoms with Gasteiger partial charge in [0.1, 0.15) is 6.29 Å². The molecule has 0 saturated carbocycles. The van der Waals surface area contributed by atoms with Gasteiger partial charge in [-0.05, 0) is 75.0 Å². The first-order chi connectivity index (χ1) is 19.1. The van der Waals surface area contributed by atoms with Crippen LogP contribution in [-0.2, 0) is 21.5 Å². The monoisotopic (exact) mass is 555 g/mol. The van der Waals surface area contributed by atoms with Crippen LogP contribution < -0.4 is 0 Å². The van der Waals surface area contributed by atoms with Crippen LogP contribution in [0.2, 0.25) is 0 Å². The maximum atomic E-state index is 13.7. The number of nitrogens with zero attached hydrogens (tertiary/aromatic N) is 5. The van der Waals surface area contributed by atoms with Gasteiger partial charge in [0.15, 0.2) is 0 Å². The minimum Gasteiger partial charge on any atom is -0.415 e. The average molecular weight is 556 g/mol. The third-order valence-electron chi connectivity index (χ3n) is 7.38. The number of likely N-dealkylation sites (tertiary alicyclic amines) is 1. The molecule has 9 nitrogen and oxygen atoms in total. The van der Waals surface area contributed by atoms with Crippen LogP contribution in [0.1, 0.15) is 72.1 Å². The predicted molar refractivity (Wildman–Crippen MR) is 144 cm³/mol. The summed E-state index contributed by atoms with van der Waals surface area (Å²) in [5.74, 6) is -0.694. The number of hydrogen-bond acceptors (Lipinski definition) is 8. The molecular formula is C29H35F2N5O4. The van der Waals surface area contributed by atoms with Gasteiger partial charge in [-0.15, -0.1) is 10.2 Å². The lowest BCUT2D eigenvalue weighted by molar-refractivity contribution is -0.111. The number of pyridine rings is 1. The molecule has 0 aliphatic carbocycles. The molecule has 1 aliphatic rings. The SMILES string of the molecule is COCCN1CCC(c2ccc(C(C)(C)C=O)c(C(=O)N(C)Cc3ccc(-c4nnc(C(F)F)o4)cn3)c2)CC1. The van der Waals surface area contributed by atoms with E-state index in [0.29, 0.717) is 34.9 Å². The van der Waals surface area contributed by atoms with Crippen molar-refractivity contribution in [3.05, 3.63) is 64.8 Å². The highest BCUT2D eigenvalue weighted by Crippen LogP contribution is 2.33. The summed E-state index contributed by atoms with van der Waals surface area (Å²) >= 11 is 0. The number of ether oxygens (including phenoxy) is 1. The highest BCUT2D eigenvalue weighted by Gasteiger charge is 2.29. The van der Waals surface area contributed by atoms with Crippen LogP contribution in [-0.4, -0.2) is 77.6 Å². The maximum absolute atomic E-state index is 13.7. The number of rotatable bonds is 11. The van der Waals surface area contributed by atoms with Gasteiger partial charge in [0, 0.05) is 37.9 Å². The van der Waals surface area contributed by atoms with E-state index in [-0.39, 0.29) is 18.3 Å². The number of aldehydes is 1. The zero-order valence-corrected chi connectivity index (χ0v) is 23.3. The topological polar surface area (TPSA) is 102 Å². The highest BCUT2D eigenvalue weighted by atomic mass is 19.3. The second kappa shape index (κ2) is 12.7. The number of carbonyl (C=O) groups is 2. The molecule has 0 atom stereocenters. The maximum Gasteiger partial charge on any atom is 0.314 e. The Morgan fingerprint density at radius 2 is 1.98 bits per heavy atom. The minimum atomic E-state index is -2.85. The molecule has 1 amide bonds. The second-order valence-electron chi connectivity index (χ2n) is 10.7. The van der Waals surface area contributed by atoms with Crippen molar-refractivity contribution in [3.63, 3.8) is 0 Å². The Balaban J connectivity index is 1.51. The number of piperidine rings is 1. The number of halogens is 2. The first-order valence-electron chi connectivity index (χ1n) is 13.3. The number of alkyl halides is 2. The molecule has 3 heterocycles. The Morgan fingerprint density at radius 3 is 2.58 bits per heavy atom. The normalized spacial score (nSPS) is 15.0. The zero-order valence-electron chi connectivity index (χ0n) is 23.3. The number of aromatic nitrogens is 3. The molecule has 0 spiro atoms. The van der Waals surface area contributed by atoms with Crippen LogP contribution in [0.25, 0.3) is 11.5 Å². The van der Waals surface area contributed by atoms with E-state index in [1.165, 1.54) is 6.20 Å². The van der Waals surface area contributed by atoms with E-state index in [9.17, 15) is 18.4 Å². The summed E-state index contributed by atoms with van der Waals surface area (Å²) in [5.41, 5.74) is 2.42. The quantitative estimate of drug-likeness (QED) is 0.315. The van der Waals surface area contributed by atoms with Crippen LogP contribution in [0, 0.1) is 0 Å². The molecule has 1 fully saturated rings. The van der Waals surface area contributed by atoms with Gasteiger partial charge >= 0.3 is 6.43 Å². The predicted octanol–water partition coefficient (Wildman–Crippen LogP) is 4.64. The molecule has 0 radical (unpaired) electrons. The van der Waals surface area contributed by atoms with Crippen LogP contribution in [0.15, 0.2) is 40.9 Å². The first kappa shape index (κ1) is 29.4. The standard InChI is InChI=1S/C29H35F2N5O4/c1-29(2,18-37)24-8-6-20(19-9-11-36(12-10-19)13-14-39-4)15-23(24)28(38)35(3)17-22-7-5-21(16-32-22)26-33-34-27(40-26)25(30)31/h5-8,15-16,18-19,25H,9-14,17H2,1-4H3. The van der Waals surface area contributed by atoms with Gasteiger partial charge in [0.2, 0.25) is 5.89 Å². The van der Waals surface area contributed by atoms with E-state index in [1.807, 2.05) is 18.2 Å². The van der Waals surface area contributed by atoms with E-state index in [0.717, 1.165) is 44.3 Å². The Bertz CT molecular complexity index is 1300. The fourth-order valence-electron chi connectivity index (χ4n) is 4.93. The van der Waals surface area contributed by atoms with Gasteiger partial charge in [0.05, 0.1) is 24.4 Å². The molecule has 4 rings (SSSR count). The number of hydrogen-bond donors (Lipinski definition) is 0. The molecule has 2 aromatic heterocycles. The van der Waals surface area contributed by atoms with Gasteiger partial charge in [-0.2, -0.15) is 8.78 Å². The van der Waals surface area contributed by atoms with Crippen molar-refractivity contribution in [2.24, 2.45) is 0 Å². The van der Waals surface area contributed by atoms with Crippen LogP contribution in [0.3, 0.4) is 0 Å². The Hall–Kier alpha value is -3.57. The number of amides is 1. The van der Waals surface area contributed by atoms with Crippen molar-refractivity contribution >= 4 is 12.2 Å². The summed E-state index contributed by atoms with van der Waals surface area (Å²) in [6, 6.07) is 9.21. The first-order valence-corrected chi connectivity index (χ1v) is 13.3. The third kappa shape index (κ3) is 6.76. The number of carbonyl (C=O) groups excluding carboxylic acids is 2. The van der Waals surface area contributed by atoms with Gasteiger partial charge in [-0.25, -0.2) is 0 Å². The van der Waals surface area contributed by atoms with Gasteiger partial charge in [0.25, 0.3) is 11.8 Å². The molecule has 214 valence electrons. The fourth-order valence-corrected chi connectivity index (χ4v) is 4.93. The van der Waals surface area contributed by atoms with E-state index >= 15 is 0 Å². The molecule has 3 aromatic rings. The molecule has 1 aliphatic heterocycles. The van der Waals surface area contributed by atoms with Crippen molar-refractivity contribution in [2.45, 2.75) is 51.0 Å². The lowest BCUT2D eigenvalue weighted by atomic mass is 9.80. The van der Waals surface area contributed by atoms with Gasteiger partial charge in [-0.1, -0.05) is 12.1 Å². The molecule has 0 N–H and O–H groups in total. The van der Waals surface area contributed by atoms with Crippen molar-refractivity contribution in [2.75, 3.05) is 40.4 Å². The fraction of sp³-hybridized carbons (Fsp3) is 0.483. The van der Waals surface area contributed by atoms with Gasteiger partial charge in [-0.3, -0.25) is 9.78 Å². The Labute approximate surface area is 232 Å². The van der Waals surface area contributed by atoms with E-state index < -0.39 is 17.7 Å². The average Bonchev–Trinajstić information content (AvgIpc) is 3.47. The zero-order chi connectivity index (χ0) is 28.9. The van der Waals surface area contributed by atoms with Gasteiger partial charge < -0.3 is 23.7 Å². The number of methoxy groups -OCH3 is 1. The van der Waals surface area contributed by atoms with Crippen molar-refractivity contribution in [1.82, 2.24) is 25.0 Å².